The number of amides is 1. The Balaban J connectivity index is 1.46. The molecular formula is C27H27F6NO4. The van der Waals surface area contributed by atoms with Crippen LogP contribution in [0.15, 0.2) is 48.5 Å². The Morgan fingerprint density at radius 1 is 0.974 bits per heavy atom. The molecule has 5 rings (SSSR count). The van der Waals surface area contributed by atoms with Crippen LogP contribution in [0.2, 0.25) is 0 Å². The molecule has 3 heterocycles. The third-order valence-corrected chi connectivity index (χ3v) is 7.66. The minimum atomic E-state index is -4.96. The van der Waals surface area contributed by atoms with Crippen LogP contribution >= 0.6 is 0 Å². The lowest BCUT2D eigenvalue weighted by atomic mass is 9.76. The van der Waals surface area contributed by atoms with E-state index in [1.807, 2.05) is 30.3 Å². The Labute approximate surface area is 215 Å². The fourth-order valence-corrected chi connectivity index (χ4v) is 5.87. The monoisotopic (exact) mass is 543 g/mol. The number of nitrogens with zero attached hydrogens (tertiary/aromatic N) is 1. The third kappa shape index (κ3) is 5.22. The molecule has 6 atom stereocenters. The smallest absolute Gasteiger partial charge is 0.416 e. The van der Waals surface area contributed by atoms with Crippen LogP contribution in [0, 0.1) is 5.92 Å². The van der Waals surface area contributed by atoms with Crippen molar-refractivity contribution in [3.05, 3.63) is 70.8 Å². The van der Waals surface area contributed by atoms with Gasteiger partial charge in [0, 0.05) is 18.4 Å². The predicted octanol–water partition coefficient (Wildman–Crippen LogP) is 6.93. The SMILES string of the molecule is C[C@@H](O[C@H]1OCC[C@@H](C2OC(=O)N3CCCC23)[C@@H]1c1ccccc1)c1cc(C(F)(F)F)cc(C(F)(F)F)c1. The highest BCUT2D eigenvalue weighted by Gasteiger charge is 2.52. The predicted molar refractivity (Wildman–Crippen MR) is 123 cm³/mol. The van der Waals surface area contributed by atoms with E-state index < -0.39 is 47.9 Å². The molecule has 0 radical (unpaired) electrons. The average molecular weight is 544 g/mol. The van der Waals surface area contributed by atoms with E-state index in [9.17, 15) is 31.1 Å². The molecule has 3 fully saturated rings. The Morgan fingerprint density at radius 2 is 1.63 bits per heavy atom. The van der Waals surface area contributed by atoms with Gasteiger partial charge in [-0.1, -0.05) is 30.3 Å². The van der Waals surface area contributed by atoms with Crippen LogP contribution in [0.5, 0.6) is 0 Å². The molecule has 0 saturated carbocycles. The summed E-state index contributed by atoms with van der Waals surface area (Å²) in [7, 11) is 0. The molecule has 0 aromatic heterocycles. The topological polar surface area (TPSA) is 48.0 Å². The molecule has 1 amide bonds. The Morgan fingerprint density at radius 3 is 2.26 bits per heavy atom. The Bertz CT molecular complexity index is 1120. The van der Waals surface area contributed by atoms with Crippen molar-refractivity contribution in [3.63, 3.8) is 0 Å². The van der Waals surface area contributed by atoms with Gasteiger partial charge in [-0.2, -0.15) is 26.3 Å². The lowest BCUT2D eigenvalue weighted by Crippen LogP contribution is -2.45. The summed E-state index contributed by atoms with van der Waals surface area (Å²) in [6.07, 6.45) is -10.6. The van der Waals surface area contributed by atoms with Gasteiger partial charge in [-0.25, -0.2) is 4.79 Å². The number of benzene rings is 2. The summed E-state index contributed by atoms with van der Waals surface area (Å²) in [6.45, 7) is 2.26. The summed E-state index contributed by atoms with van der Waals surface area (Å²) in [5, 5.41) is 0. The summed E-state index contributed by atoms with van der Waals surface area (Å²) < 4.78 is 98.4. The van der Waals surface area contributed by atoms with Crippen LogP contribution in [0.25, 0.3) is 0 Å². The van der Waals surface area contributed by atoms with E-state index in [-0.39, 0.29) is 36.3 Å². The van der Waals surface area contributed by atoms with Gasteiger partial charge in [0.25, 0.3) is 0 Å². The van der Waals surface area contributed by atoms with Gasteiger partial charge in [0.2, 0.25) is 0 Å². The van der Waals surface area contributed by atoms with Gasteiger partial charge in [0.15, 0.2) is 6.29 Å². The van der Waals surface area contributed by atoms with E-state index in [4.69, 9.17) is 14.2 Å². The van der Waals surface area contributed by atoms with Gasteiger partial charge < -0.3 is 19.1 Å². The number of hydrogen-bond acceptors (Lipinski definition) is 4. The number of carbonyl (C=O) groups excluding carboxylic acids is 1. The molecule has 0 spiro atoms. The second-order valence-corrected chi connectivity index (χ2v) is 10.00. The number of halogens is 6. The maximum absolute atomic E-state index is 13.4. The first kappa shape index (κ1) is 26.8. The van der Waals surface area contributed by atoms with Crippen LogP contribution in [0.3, 0.4) is 0 Å². The molecule has 0 aliphatic carbocycles. The van der Waals surface area contributed by atoms with E-state index >= 15 is 0 Å². The molecule has 2 unspecified atom stereocenters. The molecular weight excluding hydrogens is 516 g/mol. The van der Waals surface area contributed by atoms with Crippen molar-refractivity contribution < 1.29 is 45.3 Å². The quantitative estimate of drug-likeness (QED) is 0.384. The second kappa shape index (κ2) is 10.1. The zero-order chi connectivity index (χ0) is 27.2. The molecule has 11 heteroatoms. The largest absolute Gasteiger partial charge is 0.444 e. The summed E-state index contributed by atoms with van der Waals surface area (Å²) >= 11 is 0. The maximum Gasteiger partial charge on any atom is 0.416 e. The van der Waals surface area contributed by atoms with Gasteiger partial charge in [0.05, 0.1) is 29.9 Å². The molecule has 5 nitrogen and oxygen atoms in total. The van der Waals surface area contributed by atoms with E-state index in [2.05, 4.69) is 0 Å². The Hall–Kier alpha value is -2.79. The average Bonchev–Trinajstić information content (AvgIpc) is 3.47. The molecule has 206 valence electrons. The fraction of sp³-hybridized carbons (Fsp3) is 0.519. The van der Waals surface area contributed by atoms with Crippen LogP contribution in [-0.4, -0.2) is 42.6 Å². The van der Waals surface area contributed by atoms with Gasteiger partial charge in [-0.05, 0) is 55.5 Å². The zero-order valence-electron chi connectivity index (χ0n) is 20.5. The molecule has 2 aromatic rings. The number of cyclic esters (lactones) is 1. The highest BCUT2D eigenvalue weighted by Crippen LogP contribution is 2.46. The van der Waals surface area contributed by atoms with E-state index in [0.29, 0.717) is 25.1 Å². The Kier molecular flexibility index (Phi) is 7.10. The summed E-state index contributed by atoms with van der Waals surface area (Å²) in [5.41, 5.74) is -2.25. The molecule has 3 aliphatic rings. The van der Waals surface area contributed by atoms with E-state index in [0.717, 1.165) is 18.4 Å². The van der Waals surface area contributed by atoms with Crippen molar-refractivity contribution in [2.75, 3.05) is 13.2 Å². The normalized spacial score (nSPS) is 28.8. The molecule has 0 bridgehead atoms. The van der Waals surface area contributed by atoms with Crippen LogP contribution in [-0.2, 0) is 26.6 Å². The van der Waals surface area contributed by atoms with Crippen molar-refractivity contribution in [2.45, 2.75) is 69.0 Å². The van der Waals surface area contributed by atoms with Gasteiger partial charge >= 0.3 is 18.4 Å². The molecule has 3 saturated heterocycles. The molecule has 0 N–H and O–H groups in total. The first-order chi connectivity index (χ1) is 17.9. The number of hydrogen-bond donors (Lipinski definition) is 0. The van der Waals surface area contributed by atoms with E-state index in [1.54, 1.807) is 4.90 Å². The van der Waals surface area contributed by atoms with Crippen molar-refractivity contribution in [2.24, 2.45) is 5.92 Å². The molecule has 3 aliphatic heterocycles. The summed E-state index contributed by atoms with van der Waals surface area (Å²) in [4.78, 5) is 14.2. The second-order valence-electron chi connectivity index (χ2n) is 10.00. The lowest BCUT2D eigenvalue weighted by Gasteiger charge is -2.42. The molecule has 2 aromatic carbocycles. The van der Waals surface area contributed by atoms with E-state index in [1.165, 1.54) is 6.92 Å². The maximum atomic E-state index is 13.4. The summed E-state index contributed by atoms with van der Waals surface area (Å²) in [6, 6.07) is 10.6. The van der Waals surface area contributed by atoms with Crippen LogP contribution in [0.4, 0.5) is 31.1 Å². The van der Waals surface area contributed by atoms with Crippen LogP contribution < -0.4 is 0 Å². The van der Waals surface area contributed by atoms with Gasteiger partial charge in [0.1, 0.15) is 6.10 Å². The number of alkyl halides is 6. The minimum absolute atomic E-state index is 0.0901. The van der Waals surface area contributed by atoms with Gasteiger partial charge in [-0.3, -0.25) is 0 Å². The third-order valence-electron chi connectivity index (χ3n) is 7.66. The molecule has 38 heavy (non-hydrogen) atoms. The number of rotatable bonds is 5. The highest BCUT2D eigenvalue weighted by atomic mass is 19.4. The van der Waals surface area contributed by atoms with Crippen molar-refractivity contribution in [3.8, 4) is 0 Å². The number of fused-ring (bicyclic) bond motifs is 1. The lowest BCUT2D eigenvalue weighted by molar-refractivity contribution is -0.216. The van der Waals surface area contributed by atoms with Gasteiger partial charge in [-0.15, -0.1) is 0 Å². The minimum Gasteiger partial charge on any atom is -0.444 e. The number of ether oxygens (including phenoxy) is 3. The van der Waals surface area contributed by atoms with Crippen LogP contribution in [0.1, 0.15) is 60.5 Å². The highest BCUT2D eigenvalue weighted by molar-refractivity contribution is 5.71. The van der Waals surface area contributed by atoms with Crippen molar-refractivity contribution >= 4 is 6.09 Å². The standard InChI is InChI=1S/C27H27F6NO4/c1-15(17-12-18(26(28,29)30)14-19(13-17)27(31,32)33)37-24-22(16-6-3-2-4-7-16)20(9-11-36-24)23-21-8-5-10-34(21)25(35)38-23/h2-4,6-7,12-15,20-24H,5,8-11H2,1H3/t15-,20-,21?,22+,23?,24-/m1/s1. The zero-order valence-corrected chi connectivity index (χ0v) is 20.5. The fourth-order valence-electron chi connectivity index (χ4n) is 5.87. The first-order valence-corrected chi connectivity index (χ1v) is 12.5. The number of carbonyl (C=O) groups is 1. The van der Waals surface area contributed by atoms with Crippen molar-refractivity contribution in [1.29, 1.82) is 0 Å². The summed E-state index contributed by atoms with van der Waals surface area (Å²) in [5.74, 6) is -0.675. The first-order valence-electron chi connectivity index (χ1n) is 12.5. The van der Waals surface area contributed by atoms with Crippen molar-refractivity contribution in [1.82, 2.24) is 4.90 Å².